The van der Waals surface area contributed by atoms with Crippen molar-refractivity contribution in [2.75, 3.05) is 12.4 Å². The maximum atomic E-state index is 11.7. The van der Waals surface area contributed by atoms with Crippen LogP contribution in [0.15, 0.2) is 73.1 Å². The van der Waals surface area contributed by atoms with Gasteiger partial charge >= 0.3 is 11.6 Å². The topological polar surface area (TPSA) is 99.4 Å². The smallest absolute Gasteiger partial charge is 0.373 e. The Hall–Kier alpha value is -4.20. The first kappa shape index (κ1) is 18.2. The standard InChI is InChI=1S/C21H16N4O4/c1-28-17-8-4-7-16(12-17)24-20-19(25(26)27)21(23-13-22-20)29-18-10-9-14-5-2-3-6-15(14)11-18/h2-13H,1H3,(H,22,23,24). The Balaban J connectivity index is 1.69. The second kappa shape index (κ2) is 7.81. The molecule has 0 spiro atoms. The summed E-state index contributed by atoms with van der Waals surface area (Å²) in [6.07, 6.45) is 1.21. The summed E-state index contributed by atoms with van der Waals surface area (Å²) in [4.78, 5) is 19.2. The summed E-state index contributed by atoms with van der Waals surface area (Å²) in [5.74, 6) is 0.928. The van der Waals surface area contributed by atoms with Gasteiger partial charge in [-0.25, -0.2) is 4.98 Å². The van der Waals surface area contributed by atoms with E-state index < -0.39 is 4.92 Å². The summed E-state index contributed by atoms with van der Waals surface area (Å²) in [5.41, 5.74) is 0.228. The molecule has 0 aliphatic carbocycles. The molecule has 1 heterocycles. The number of ether oxygens (including phenoxy) is 2. The predicted octanol–water partition coefficient (Wildman–Crippen LogP) is 5.08. The monoisotopic (exact) mass is 388 g/mol. The molecule has 8 nitrogen and oxygen atoms in total. The Kier molecular flexibility index (Phi) is 4.90. The zero-order valence-corrected chi connectivity index (χ0v) is 15.4. The van der Waals surface area contributed by atoms with E-state index in [2.05, 4.69) is 15.3 Å². The molecule has 3 aromatic carbocycles. The molecule has 0 atom stereocenters. The van der Waals surface area contributed by atoms with E-state index in [-0.39, 0.29) is 17.4 Å². The lowest BCUT2D eigenvalue weighted by molar-refractivity contribution is -0.385. The van der Waals surface area contributed by atoms with Crippen LogP contribution < -0.4 is 14.8 Å². The van der Waals surface area contributed by atoms with Crippen LogP contribution in [0.2, 0.25) is 0 Å². The second-order valence-corrected chi connectivity index (χ2v) is 6.10. The summed E-state index contributed by atoms with van der Waals surface area (Å²) in [6.45, 7) is 0. The highest BCUT2D eigenvalue weighted by molar-refractivity contribution is 5.83. The number of hydrogen-bond donors (Lipinski definition) is 1. The predicted molar refractivity (Wildman–Crippen MR) is 109 cm³/mol. The summed E-state index contributed by atoms with van der Waals surface area (Å²) >= 11 is 0. The van der Waals surface area contributed by atoms with Crippen LogP contribution >= 0.6 is 0 Å². The first-order chi connectivity index (χ1) is 14.1. The lowest BCUT2D eigenvalue weighted by Gasteiger charge is -2.10. The molecule has 4 aromatic rings. The molecule has 0 saturated carbocycles. The Morgan fingerprint density at radius 3 is 2.55 bits per heavy atom. The average molecular weight is 388 g/mol. The number of rotatable bonds is 6. The molecule has 0 bridgehead atoms. The van der Waals surface area contributed by atoms with E-state index in [1.807, 2.05) is 30.3 Å². The second-order valence-electron chi connectivity index (χ2n) is 6.10. The summed E-state index contributed by atoms with van der Waals surface area (Å²) < 4.78 is 10.9. The van der Waals surface area contributed by atoms with Gasteiger partial charge in [0.15, 0.2) is 0 Å². The van der Waals surface area contributed by atoms with Crippen molar-refractivity contribution in [2.24, 2.45) is 0 Å². The molecule has 0 fully saturated rings. The lowest BCUT2D eigenvalue weighted by Crippen LogP contribution is -2.03. The van der Waals surface area contributed by atoms with Crippen molar-refractivity contribution < 1.29 is 14.4 Å². The average Bonchev–Trinajstić information content (AvgIpc) is 2.74. The van der Waals surface area contributed by atoms with E-state index in [0.29, 0.717) is 17.2 Å². The highest BCUT2D eigenvalue weighted by Crippen LogP contribution is 2.36. The molecule has 0 unspecified atom stereocenters. The quantitative estimate of drug-likeness (QED) is 0.363. The van der Waals surface area contributed by atoms with Gasteiger partial charge in [0.1, 0.15) is 17.8 Å². The van der Waals surface area contributed by atoms with Gasteiger partial charge < -0.3 is 14.8 Å². The number of aromatic nitrogens is 2. The SMILES string of the molecule is COc1cccc(Nc2ncnc(Oc3ccc4ccccc4c3)c2[N+](=O)[O-])c1. The van der Waals surface area contributed by atoms with E-state index in [0.717, 1.165) is 10.8 Å². The zero-order valence-electron chi connectivity index (χ0n) is 15.4. The third-order valence-corrected chi connectivity index (χ3v) is 4.24. The van der Waals surface area contributed by atoms with Gasteiger partial charge in [0.2, 0.25) is 5.82 Å². The van der Waals surface area contributed by atoms with E-state index in [9.17, 15) is 10.1 Å². The molecule has 0 saturated heterocycles. The minimum absolute atomic E-state index is 0.0223. The highest BCUT2D eigenvalue weighted by Gasteiger charge is 2.25. The van der Waals surface area contributed by atoms with Crippen LogP contribution in [0.25, 0.3) is 10.8 Å². The van der Waals surface area contributed by atoms with Gasteiger partial charge in [-0.1, -0.05) is 36.4 Å². The Bertz CT molecular complexity index is 1200. The van der Waals surface area contributed by atoms with Crippen LogP contribution in [0.3, 0.4) is 0 Å². The fourth-order valence-electron chi connectivity index (χ4n) is 2.87. The molecule has 0 radical (unpaired) electrons. The minimum atomic E-state index is -0.571. The molecule has 1 N–H and O–H groups in total. The Morgan fingerprint density at radius 2 is 1.76 bits per heavy atom. The summed E-state index contributed by atoms with van der Waals surface area (Å²) in [5, 5.41) is 16.7. The van der Waals surface area contributed by atoms with Crippen LogP contribution in [0.5, 0.6) is 17.4 Å². The first-order valence-electron chi connectivity index (χ1n) is 8.71. The molecular weight excluding hydrogens is 372 g/mol. The van der Waals surface area contributed by atoms with Crippen molar-refractivity contribution in [1.82, 2.24) is 9.97 Å². The van der Waals surface area contributed by atoms with Crippen molar-refractivity contribution in [2.45, 2.75) is 0 Å². The fourth-order valence-corrected chi connectivity index (χ4v) is 2.87. The zero-order chi connectivity index (χ0) is 20.2. The third kappa shape index (κ3) is 3.91. The van der Waals surface area contributed by atoms with Gasteiger partial charge in [-0.3, -0.25) is 10.1 Å². The Labute approximate surface area is 165 Å². The van der Waals surface area contributed by atoms with E-state index in [1.54, 1.807) is 43.5 Å². The molecule has 8 heteroatoms. The van der Waals surface area contributed by atoms with Crippen molar-refractivity contribution in [1.29, 1.82) is 0 Å². The number of hydrogen-bond acceptors (Lipinski definition) is 7. The fraction of sp³-hybridized carbons (Fsp3) is 0.0476. The van der Waals surface area contributed by atoms with Gasteiger partial charge in [0.05, 0.1) is 12.0 Å². The van der Waals surface area contributed by atoms with Crippen molar-refractivity contribution in [3.63, 3.8) is 0 Å². The molecular formula is C21H16N4O4. The third-order valence-electron chi connectivity index (χ3n) is 4.24. The number of anilines is 2. The first-order valence-corrected chi connectivity index (χ1v) is 8.71. The van der Waals surface area contributed by atoms with Crippen LogP contribution in [-0.2, 0) is 0 Å². The maximum absolute atomic E-state index is 11.7. The summed E-state index contributed by atoms with van der Waals surface area (Å²) in [7, 11) is 1.54. The van der Waals surface area contributed by atoms with Gasteiger partial charge in [-0.15, -0.1) is 0 Å². The van der Waals surface area contributed by atoms with E-state index in [1.165, 1.54) is 6.33 Å². The number of methoxy groups -OCH3 is 1. The van der Waals surface area contributed by atoms with Crippen LogP contribution in [-0.4, -0.2) is 22.0 Å². The van der Waals surface area contributed by atoms with Crippen LogP contribution in [0, 0.1) is 10.1 Å². The molecule has 0 aliphatic heterocycles. The normalized spacial score (nSPS) is 10.5. The van der Waals surface area contributed by atoms with Crippen LogP contribution in [0.1, 0.15) is 0 Å². The molecule has 4 rings (SSSR count). The number of nitrogens with zero attached hydrogens (tertiary/aromatic N) is 3. The van der Waals surface area contributed by atoms with Gasteiger partial charge in [-0.05, 0) is 35.0 Å². The Morgan fingerprint density at radius 1 is 0.931 bits per heavy atom. The largest absolute Gasteiger partial charge is 0.497 e. The highest BCUT2D eigenvalue weighted by atomic mass is 16.6. The van der Waals surface area contributed by atoms with Gasteiger partial charge in [-0.2, -0.15) is 4.98 Å². The van der Waals surface area contributed by atoms with Crippen LogP contribution in [0.4, 0.5) is 17.2 Å². The van der Waals surface area contributed by atoms with E-state index >= 15 is 0 Å². The van der Waals surface area contributed by atoms with Crippen molar-refractivity contribution >= 4 is 28.0 Å². The number of benzene rings is 3. The molecule has 29 heavy (non-hydrogen) atoms. The van der Waals surface area contributed by atoms with Gasteiger partial charge in [0.25, 0.3) is 0 Å². The summed E-state index contributed by atoms with van der Waals surface area (Å²) in [6, 6.07) is 20.2. The number of nitrogens with one attached hydrogen (secondary N) is 1. The van der Waals surface area contributed by atoms with Crippen molar-refractivity contribution in [3.05, 3.63) is 83.2 Å². The molecule has 0 aliphatic rings. The molecule has 0 amide bonds. The number of nitro groups is 1. The van der Waals surface area contributed by atoms with Crippen molar-refractivity contribution in [3.8, 4) is 17.4 Å². The van der Waals surface area contributed by atoms with E-state index in [4.69, 9.17) is 9.47 Å². The lowest BCUT2D eigenvalue weighted by atomic mass is 10.1. The minimum Gasteiger partial charge on any atom is -0.497 e. The maximum Gasteiger partial charge on any atom is 0.373 e. The number of fused-ring (bicyclic) bond motifs is 1. The van der Waals surface area contributed by atoms with Gasteiger partial charge in [0, 0.05) is 11.8 Å². The molecule has 1 aromatic heterocycles. The molecule has 144 valence electrons.